The van der Waals surface area contributed by atoms with Gasteiger partial charge in [0, 0.05) is 11.3 Å². The molecule has 4 nitrogen and oxygen atoms in total. The minimum Gasteiger partial charge on any atom is -0.345 e. The van der Waals surface area contributed by atoms with Crippen LogP contribution in [0.15, 0.2) is 54.3 Å². The Morgan fingerprint density at radius 3 is 2.95 bits per heavy atom. The number of amides is 1. The van der Waals surface area contributed by atoms with Gasteiger partial charge in [0.05, 0.1) is 23.1 Å². The van der Waals surface area contributed by atoms with E-state index in [9.17, 15) is 4.79 Å². The molecule has 0 atom stereocenters. The monoisotopic (exact) mass is 269 g/mol. The lowest BCUT2D eigenvalue weighted by Gasteiger charge is -2.05. The smallest absolute Gasteiger partial charge is 0.265 e. The number of hydrogen-bond acceptors (Lipinski definition) is 3. The third-order valence-corrected chi connectivity index (χ3v) is 3.54. The van der Waals surface area contributed by atoms with Gasteiger partial charge in [0.15, 0.2) is 0 Å². The molecule has 19 heavy (non-hydrogen) atoms. The third kappa shape index (κ3) is 2.56. The number of aromatic nitrogens is 2. The number of H-pyrrole nitrogens is 1. The summed E-state index contributed by atoms with van der Waals surface area (Å²) in [6.07, 6.45) is 3.38. The predicted molar refractivity (Wildman–Crippen MR) is 76.3 cm³/mol. The summed E-state index contributed by atoms with van der Waals surface area (Å²) >= 11 is 1.42. The summed E-state index contributed by atoms with van der Waals surface area (Å²) in [5, 5.41) is 4.77. The second kappa shape index (κ2) is 5.07. The molecule has 1 aromatic carbocycles. The number of nitrogens with zero attached hydrogens (tertiary/aromatic N) is 1. The second-order valence-electron chi connectivity index (χ2n) is 3.98. The molecule has 94 valence electrons. The molecule has 1 amide bonds. The molecule has 2 heterocycles. The molecule has 2 aromatic heterocycles. The molecule has 0 spiro atoms. The van der Waals surface area contributed by atoms with Crippen molar-refractivity contribution < 1.29 is 4.79 Å². The van der Waals surface area contributed by atoms with Crippen molar-refractivity contribution in [1.29, 1.82) is 0 Å². The summed E-state index contributed by atoms with van der Waals surface area (Å²) in [6, 6.07) is 11.3. The zero-order valence-electron chi connectivity index (χ0n) is 9.96. The quantitative estimate of drug-likeness (QED) is 0.765. The van der Waals surface area contributed by atoms with Gasteiger partial charge in [-0.25, -0.2) is 4.98 Å². The average Bonchev–Trinajstić information content (AvgIpc) is 3.13. The Hall–Kier alpha value is -2.40. The zero-order valence-corrected chi connectivity index (χ0v) is 10.8. The van der Waals surface area contributed by atoms with E-state index in [4.69, 9.17) is 0 Å². The van der Waals surface area contributed by atoms with Crippen LogP contribution < -0.4 is 5.32 Å². The maximum Gasteiger partial charge on any atom is 0.265 e. The van der Waals surface area contributed by atoms with Gasteiger partial charge in [0.1, 0.15) is 0 Å². The van der Waals surface area contributed by atoms with Crippen molar-refractivity contribution in [3.63, 3.8) is 0 Å². The number of thiophene rings is 1. The first kappa shape index (κ1) is 11.7. The van der Waals surface area contributed by atoms with E-state index < -0.39 is 0 Å². The Kier molecular flexibility index (Phi) is 3.12. The molecule has 2 N–H and O–H groups in total. The molecule has 0 aliphatic carbocycles. The largest absolute Gasteiger partial charge is 0.345 e. The highest BCUT2D eigenvalue weighted by atomic mass is 32.1. The highest BCUT2D eigenvalue weighted by Crippen LogP contribution is 2.21. The topological polar surface area (TPSA) is 57.8 Å². The Morgan fingerprint density at radius 2 is 2.21 bits per heavy atom. The number of carbonyl (C=O) groups excluding carboxylic acids is 1. The van der Waals surface area contributed by atoms with Crippen molar-refractivity contribution in [1.82, 2.24) is 9.97 Å². The summed E-state index contributed by atoms with van der Waals surface area (Å²) in [6.45, 7) is 0. The predicted octanol–water partition coefficient (Wildman–Crippen LogP) is 3.39. The van der Waals surface area contributed by atoms with E-state index in [2.05, 4.69) is 15.3 Å². The molecule has 3 rings (SSSR count). The fourth-order valence-corrected chi connectivity index (χ4v) is 2.40. The number of benzene rings is 1. The molecule has 0 saturated heterocycles. The average molecular weight is 269 g/mol. The van der Waals surface area contributed by atoms with Crippen molar-refractivity contribution in [3.05, 3.63) is 59.2 Å². The van der Waals surface area contributed by atoms with Gasteiger partial charge in [-0.3, -0.25) is 4.79 Å². The Labute approximate surface area is 114 Å². The van der Waals surface area contributed by atoms with Gasteiger partial charge in [-0.05, 0) is 23.6 Å². The summed E-state index contributed by atoms with van der Waals surface area (Å²) in [5.41, 5.74) is 2.68. The van der Waals surface area contributed by atoms with E-state index in [1.807, 2.05) is 35.7 Å². The van der Waals surface area contributed by atoms with Crippen molar-refractivity contribution in [2.24, 2.45) is 0 Å². The number of nitrogens with one attached hydrogen (secondary N) is 2. The Bertz CT molecular complexity index is 675. The highest BCUT2D eigenvalue weighted by Gasteiger charge is 2.07. The molecule has 0 aliphatic rings. The van der Waals surface area contributed by atoms with Gasteiger partial charge < -0.3 is 10.3 Å². The molecular weight excluding hydrogens is 258 g/mol. The SMILES string of the molecule is O=C(Nc1cccc(-c2cnc[nH]2)c1)c1cccs1. The minimum absolute atomic E-state index is 0.0863. The lowest BCUT2D eigenvalue weighted by Crippen LogP contribution is -2.09. The normalized spacial score (nSPS) is 10.3. The van der Waals surface area contributed by atoms with E-state index in [-0.39, 0.29) is 5.91 Å². The minimum atomic E-state index is -0.0863. The third-order valence-electron chi connectivity index (χ3n) is 2.67. The molecular formula is C14H11N3OS. The van der Waals surface area contributed by atoms with Crippen LogP contribution in [-0.2, 0) is 0 Å². The van der Waals surface area contributed by atoms with Crippen LogP contribution in [0.3, 0.4) is 0 Å². The first-order chi connectivity index (χ1) is 9.33. The lowest BCUT2D eigenvalue weighted by molar-refractivity contribution is 0.103. The maximum atomic E-state index is 12.0. The first-order valence-electron chi connectivity index (χ1n) is 5.76. The summed E-state index contributed by atoms with van der Waals surface area (Å²) in [4.78, 5) is 19.7. The molecule has 0 aliphatic heterocycles. The van der Waals surface area contributed by atoms with Crippen LogP contribution in [0.2, 0.25) is 0 Å². The van der Waals surface area contributed by atoms with Crippen LogP contribution in [0.1, 0.15) is 9.67 Å². The molecule has 0 unspecified atom stereocenters. The van der Waals surface area contributed by atoms with Gasteiger partial charge in [-0.2, -0.15) is 0 Å². The van der Waals surface area contributed by atoms with E-state index in [0.717, 1.165) is 16.9 Å². The maximum absolute atomic E-state index is 12.0. The van der Waals surface area contributed by atoms with Gasteiger partial charge in [0.25, 0.3) is 5.91 Å². The summed E-state index contributed by atoms with van der Waals surface area (Å²) in [5.74, 6) is -0.0863. The van der Waals surface area contributed by atoms with E-state index >= 15 is 0 Å². The van der Waals surface area contributed by atoms with Gasteiger partial charge in [-0.15, -0.1) is 11.3 Å². The first-order valence-corrected chi connectivity index (χ1v) is 6.64. The molecule has 0 bridgehead atoms. The van der Waals surface area contributed by atoms with Crippen molar-refractivity contribution in [3.8, 4) is 11.3 Å². The van der Waals surface area contributed by atoms with Crippen molar-refractivity contribution in [2.75, 3.05) is 5.32 Å². The number of imidazole rings is 1. The van der Waals surface area contributed by atoms with E-state index in [1.165, 1.54) is 11.3 Å². The molecule has 0 fully saturated rings. The summed E-state index contributed by atoms with van der Waals surface area (Å²) in [7, 11) is 0. The lowest BCUT2D eigenvalue weighted by atomic mass is 10.1. The zero-order chi connectivity index (χ0) is 13.1. The number of hydrogen-bond donors (Lipinski definition) is 2. The van der Waals surface area contributed by atoms with E-state index in [1.54, 1.807) is 18.6 Å². The van der Waals surface area contributed by atoms with Crippen LogP contribution in [0, 0.1) is 0 Å². The highest BCUT2D eigenvalue weighted by molar-refractivity contribution is 7.12. The van der Waals surface area contributed by atoms with E-state index in [0.29, 0.717) is 4.88 Å². The van der Waals surface area contributed by atoms with Crippen LogP contribution in [0.4, 0.5) is 5.69 Å². The van der Waals surface area contributed by atoms with Gasteiger partial charge in [-0.1, -0.05) is 18.2 Å². The molecule has 3 aromatic rings. The second-order valence-corrected chi connectivity index (χ2v) is 4.93. The number of carbonyl (C=O) groups is 1. The Balaban J connectivity index is 1.82. The number of rotatable bonds is 3. The number of anilines is 1. The van der Waals surface area contributed by atoms with Crippen molar-refractivity contribution in [2.45, 2.75) is 0 Å². The molecule has 0 saturated carbocycles. The van der Waals surface area contributed by atoms with Crippen LogP contribution >= 0.6 is 11.3 Å². The van der Waals surface area contributed by atoms with Crippen LogP contribution in [-0.4, -0.2) is 15.9 Å². The van der Waals surface area contributed by atoms with Gasteiger partial charge >= 0.3 is 0 Å². The van der Waals surface area contributed by atoms with Crippen LogP contribution in [0.5, 0.6) is 0 Å². The standard InChI is InChI=1S/C14H11N3OS/c18-14(13-5-2-6-19-13)17-11-4-1-3-10(7-11)12-8-15-9-16-12/h1-9H,(H,15,16)(H,17,18). The Morgan fingerprint density at radius 1 is 1.26 bits per heavy atom. The molecule has 0 radical (unpaired) electrons. The fraction of sp³-hybridized carbons (Fsp3) is 0. The molecule has 5 heteroatoms. The van der Waals surface area contributed by atoms with Gasteiger partial charge in [0.2, 0.25) is 0 Å². The number of aromatic amines is 1. The van der Waals surface area contributed by atoms with Crippen LogP contribution in [0.25, 0.3) is 11.3 Å². The fourth-order valence-electron chi connectivity index (χ4n) is 1.78. The van der Waals surface area contributed by atoms with Crippen molar-refractivity contribution >= 4 is 22.9 Å². The summed E-state index contributed by atoms with van der Waals surface area (Å²) < 4.78 is 0.